The predicted octanol–water partition coefficient (Wildman–Crippen LogP) is 1.11. The largest absolute Gasteiger partial charge is 0.378 e. The fourth-order valence-electron chi connectivity index (χ4n) is 2.77. The Morgan fingerprint density at radius 2 is 2.20 bits per heavy atom. The average molecular weight is 307 g/mol. The molecule has 1 saturated carbocycles. The first kappa shape index (κ1) is 17.7. The van der Waals surface area contributed by atoms with Crippen LogP contribution in [0, 0.1) is 5.92 Å². The molecule has 1 saturated heterocycles. The number of rotatable bonds is 5. The molecule has 0 radical (unpaired) electrons. The Kier molecular flexibility index (Phi) is 8.45. The highest BCUT2D eigenvalue weighted by atomic mass is 35.5. The van der Waals surface area contributed by atoms with Crippen LogP contribution >= 0.6 is 12.4 Å². The number of ether oxygens (including phenoxy) is 2. The average Bonchev–Trinajstić information content (AvgIpc) is 2.46. The summed E-state index contributed by atoms with van der Waals surface area (Å²) >= 11 is 0. The maximum absolute atomic E-state index is 11.8. The van der Waals surface area contributed by atoms with Crippen LogP contribution in [0.25, 0.3) is 0 Å². The number of hydrogen-bond donors (Lipinski definition) is 2. The van der Waals surface area contributed by atoms with Crippen molar-refractivity contribution in [1.29, 1.82) is 0 Å². The van der Waals surface area contributed by atoms with E-state index >= 15 is 0 Å². The van der Waals surface area contributed by atoms with Gasteiger partial charge in [-0.25, -0.2) is 0 Å². The molecule has 20 heavy (non-hydrogen) atoms. The zero-order chi connectivity index (χ0) is 13.5. The second-order valence-electron chi connectivity index (χ2n) is 5.54. The summed E-state index contributed by atoms with van der Waals surface area (Å²) in [6.07, 6.45) is 5.39. The third-order valence-electron chi connectivity index (χ3n) is 4.00. The van der Waals surface area contributed by atoms with Crippen molar-refractivity contribution >= 4 is 18.3 Å². The molecule has 0 aromatic heterocycles. The molecule has 3 unspecified atom stereocenters. The molecule has 1 aliphatic heterocycles. The van der Waals surface area contributed by atoms with Crippen molar-refractivity contribution in [2.24, 2.45) is 5.92 Å². The van der Waals surface area contributed by atoms with Crippen LogP contribution in [0.4, 0.5) is 0 Å². The van der Waals surface area contributed by atoms with E-state index in [1.807, 2.05) is 0 Å². The summed E-state index contributed by atoms with van der Waals surface area (Å²) in [5.74, 6) is 0.665. The highest BCUT2D eigenvalue weighted by molar-refractivity contribution is 5.85. The number of amides is 1. The van der Waals surface area contributed by atoms with Crippen molar-refractivity contribution in [2.75, 3.05) is 32.9 Å². The van der Waals surface area contributed by atoms with Gasteiger partial charge in [0.2, 0.25) is 5.91 Å². The van der Waals surface area contributed by atoms with Gasteiger partial charge in [0, 0.05) is 13.1 Å². The number of hydrogen-bond acceptors (Lipinski definition) is 4. The standard InChI is InChI=1S/C14H26N2O3.ClH/c1-11-4-2-3-5-13(11)19-9-7-16-14(17)12-10-18-8-6-15-12;/h11-13,15H,2-10H2,1H3,(H,16,17);1H. The van der Waals surface area contributed by atoms with Gasteiger partial charge in [0.25, 0.3) is 0 Å². The molecular formula is C14H27ClN2O3. The minimum absolute atomic E-state index is 0. The molecular weight excluding hydrogens is 280 g/mol. The van der Waals surface area contributed by atoms with Gasteiger partial charge in [-0.2, -0.15) is 0 Å². The molecule has 2 aliphatic rings. The van der Waals surface area contributed by atoms with E-state index in [0.29, 0.717) is 38.4 Å². The van der Waals surface area contributed by atoms with Gasteiger partial charge in [0.1, 0.15) is 6.04 Å². The molecule has 6 heteroatoms. The lowest BCUT2D eigenvalue weighted by atomic mass is 9.88. The van der Waals surface area contributed by atoms with Gasteiger partial charge >= 0.3 is 0 Å². The molecule has 118 valence electrons. The van der Waals surface area contributed by atoms with Gasteiger partial charge in [-0.05, 0) is 18.8 Å². The van der Waals surface area contributed by atoms with Gasteiger partial charge in [0.05, 0.1) is 25.9 Å². The van der Waals surface area contributed by atoms with Crippen LogP contribution in [-0.2, 0) is 14.3 Å². The van der Waals surface area contributed by atoms with Gasteiger partial charge in [-0.3, -0.25) is 4.79 Å². The molecule has 2 N–H and O–H groups in total. The SMILES string of the molecule is CC1CCCCC1OCCNC(=O)C1COCCN1.Cl. The fraction of sp³-hybridized carbons (Fsp3) is 0.929. The maximum atomic E-state index is 11.8. The van der Waals surface area contributed by atoms with Gasteiger partial charge in [-0.1, -0.05) is 19.8 Å². The smallest absolute Gasteiger partial charge is 0.239 e. The van der Waals surface area contributed by atoms with E-state index in [1.54, 1.807) is 0 Å². The van der Waals surface area contributed by atoms with E-state index < -0.39 is 0 Å². The molecule has 0 aromatic rings. The summed E-state index contributed by atoms with van der Waals surface area (Å²) < 4.78 is 11.1. The molecule has 2 fully saturated rings. The fourth-order valence-corrected chi connectivity index (χ4v) is 2.77. The highest BCUT2D eigenvalue weighted by Gasteiger charge is 2.22. The molecule has 0 aromatic carbocycles. The first-order chi connectivity index (χ1) is 9.27. The molecule has 2 rings (SSSR count). The normalized spacial score (nSPS) is 30.4. The number of carbonyl (C=O) groups excluding carboxylic acids is 1. The Hall–Kier alpha value is -0.360. The molecule has 0 spiro atoms. The first-order valence-corrected chi connectivity index (χ1v) is 7.48. The van der Waals surface area contributed by atoms with E-state index in [0.717, 1.165) is 13.0 Å². The lowest BCUT2D eigenvalue weighted by Crippen LogP contribution is -2.51. The molecule has 1 heterocycles. The highest BCUT2D eigenvalue weighted by Crippen LogP contribution is 2.25. The van der Waals surface area contributed by atoms with E-state index in [4.69, 9.17) is 9.47 Å². The van der Waals surface area contributed by atoms with Crippen LogP contribution in [0.15, 0.2) is 0 Å². The Morgan fingerprint density at radius 3 is 2.90 bits per heavy atom. The minimum Gasteiger partial charge on any atom is -0.378 e. The molecule has 1 amide bonds. The van der Waals surface area contributed by atoms with E-state index in [9.17, 15) is 4.79 Å². The van der Waals surface area contributed by atoms with Crippen molar-refractivity contribution < 1.29 is 14.3 Å². The van der Waals surface area contributed by atoms with E-state index in [2.05, 4.69) is 17.6 Å². The molecule has 3 atom stereocenters. The van der Waals surface area contributed by atoms with Crippen molar-refractivity contribution in [3.8, 4) is 0 Å². The monoisotopic (exact) mass is 306 g/mol. The molecule has 1 aliphatic carbocycles. The summed E-state index contributed by atoms with van der Waals surface area (Å²) in [7, 11) is 0. The summed E-state index contributed by atoms with van der Waals surface area (Å²) in [5.41, 5.74) is 0. The summed E-state index contributed by atoms with van der Waals surface area (Å²) in [5, 5.41) is 6.04. The predicted molar refractivity (Wildman–Crippen MR) is 80.2 cm³/mol. The Bertz CT molecular complexity index is 286. The quantitative estimate of drug-likeness (QED) is 0.747. The first-order valence-electron chi connectivity index (χ1n) is 7.48. The Morgan fingerprint density at radius 1 is 1.40 bits per heavy atom. The summed E-state index contributed by atoms with van der Waals surface area (Å²) in [4.78, 5) is 11.8. The van der Waals surface area contributed by atoms with Crippen molar-refractivity contribution in [3.05, 3.63) is 0 Å². The maximum Gasteiger partial charge on any atom is 0.239 e. The van der Waals surface area contributed by atoms with Crippen LogP contribution in [0.2, 0.25) is 0 Å². The van der Waals surface area contributed by atoms with Crippen molar-refractivity contribution in [3.63, 3.8) is 0 Å². The van der Waals surface area contributed by atoms with Crippen LogP contribution < -0.4 is 10.6 Å². The lowest BCUT2D eigenvalue weighted by molar-refractivity contribution is -0.126. The molecule has 0 bridgehead atoms. The van der Waals surface area contributed by atoms with Gasteiger partial charge in [-0.15, -0.1) is 12.4 Å². The third kappa shape index (κ3) is 5.56. The Labute approximate surface area is 127 Å². The number of carbonyl (C=O) groups is 1. The summed E-state index contributed by atoms with van der Waals surface area (Å²) in [6, 6.07) is -0.206. The number of nitrogens with one attached hydrogen (secondary N) is 2. The second-order valence-corrected chi connectivity index (χ2v) is 5.54. The Balaban J connectivity index is 0.00000200. The van der Waals surface area contributed by atoms with Crippen molar-refractivity contribution in [1.82, 2.24) is 10.6 Å². The number of halogens is 1. The van der Waals surface area contributed by atoms with Crippen molar-refractivity contribution in [2.45, 2.75) is 44.8 Å². The molecule has 5 nitrogen and oxygen atoms in total. The topological polar surface area (TPSA) is 59.6 Å². The second kappa shape index (κ2) is 9.55. The zero-order valence-corrected chi connectivity index (χ0v) is 13.0. The van der Waals surface area contributed by atoms with Crippen LogP contribution in [0.3, 0.4) is 0 Å². The van der Waals surface area contributed by atoms with Crippen LogP contribution in [0.1, 0.15) is 32.6 Å². The van der Waals surface area contributed by atoms with Gasteiger partial charge in [0.15, 0.2) is 0 Å². The summed E-state index contributed by atoms with van der Waals surface area (Å²) in [6.45, 7) is 5.34. The number of morpholine rings is 1. The minimum atomic E-state index is -0.206. The third-order valence-corrected chi connectivity index (χ3v) is 4.00. The lowest BCUT2D eigenvalue weighted by Gasteiger charge is -2.29. The van der Waals surface area contributed by atoms with Gasteiger partial charge < -0.3 is 20.1 Å². The van der Waals surface area contributed by atoms with Crippen LogP contribution in [0.5, 0.6) is 0 Å². The van der Waals surface area contributed by atoms with E-state index in [-0.39, 0.29) is 24.4 Å². The zero-order valence-electron chi connectivity index (χ0n) is 12.2. The van der Waals surface area contributed by atoms with E-state index in [1.165, 1.54) is 19.3 Å². The van der Waals surface area contributed by atoms with Crippen LogP contribution in [-0.4, -0.2) is 51.0 Å².